The molecule has 2 aromatic carbocycles. The molecule has 0 aromatic heterocycles. The van der Waals surface area contributed by atoms with Gasteiger partial charge in [-0.05, 0) is 42.4 Å². The summed E-state index contributed by atoms with van der Waals surface area (Å²) in [5.74, 6) is -0.781. The summed E-state index contributed by atoms with van der Waals surface area (Å²) in [4.78, 5) is 10.6. The van der Waals surface area contributed by atoms with Crippen LogP contribution >= 0.6 is 0 Å². The summed E-state index contributed by atoms with van der Waals surface area (Å²) in [5, 5.41) is 28.9. The van der Waals surface area contributed by atoms with E-state index in [0.717, 1.165) is 29.5 Å². The molecular formula is C22H28NO4. The first kappa shape index (κ1) is 21.1. The number of unbranched alkanes of at least 4 members (excludes halogenated alkanes) is 2. The van der Waals surface area contributed by atoms with Crippen molar-refractivity contribution in [3.8, 4) is 0 Å². The summed E-state index contributed by atoms with van der Waals surface area (Å²) in [6.07, 6.45) is 5.77. The zero-order valence-corrected chi connectivity index (χ0v) is 15.5. The lowest BCUT2D eigenvalue weighted by Crippen LogP contribution is -2.28. The standard InChI is InChI=1S/C22H28NO4/c24-21(25)11-7-8-18-12-14-20(15-13-18)22(26,16-5-2-6-17-23-27)19-9-3-1-4-10-19/h1,3-4,9-10,12-16,23,26-27H,2,5-8,11,17H2,(H,24,25). The Kier molecular flexibility index (Phi) is 8.45. The Bertz CT molecular complexity index is 687. The minimum atomic E-state index is -1.19. The van der Waals surface area contributed by atoms with Crippen LogP contribution in [-0.4, -0.2) is 27.9 Å². The number of rotatable bonds is 12. The van der Waals surface area contributed by atoms with Crippen LogP contribution in [0.2, 0.25) is 0 Å². The second kappa shape index (κ2) is 10.8. The van der Waals surface area contributed by atoms with E-state index in [4.69, 9.17) is 10.3 Å². The van der Waals surface area contributed by atoms with Gasteiger partial charge in [-0.25, -0.2) is 5.48 Å². The molecule has 1 atom stereocenters. The monoisotopic (exact) mass is 370 g/mol. The van der Waals surface area contributed by atoms with Gasteiger partial charge < -0.3 is 15.4 Å². The van der Waals surface area contributed by atoms with Crippen molar-refractivity contribution in [3.05, 3.63) is 77.7 Å². The van der Waals surface area contributed by atoms with Gasteiger partial charge in [0.05, 0.1) is 0 Å². The molecule has 2 aromatic rings. The average Bonchev–Trinajstić information content (AvgIpc) is 2.68. The van der Waals surface area contributed by atoms with Crippen LogP contribution in [0.4, 0.5) is 0 Å². The highest BCUT2D eigenvalue weighted by Crippen LogP contribution is 2.34. The zero-order chi connectivity index (χ0) is 19.5. The average molecular weight is 370 g/mol. The normalized spacial score (nSPS) is 13.3. The Morgan fingerprint density at radius 2 is 1.63 bits per heavy atom. The fraction of sp³-hybridized carbons (Fsp3) is 0.364. The first-order valence-corrected chi connectivity index (χ1v) is 9.36. The molecule has 145 valence electrons. The molecule has 0 heterocycles. The number of aliphatic hydroxyl groups is 1. The zero-order valence-electron chi connectivity index (χ0n) is 15.5. The van der Waals surface area contributed by atoms with Crippen molar-refractivity contribution in [2.75, 3.05) is 6.54 Å². The molecule has 0 amide bonds. The molecule has 0 bridgehead atoms. The fourth-order valence-electron chi connectivity index (χ4n) is 3.12. The number of aliphatic carboxylic acids is 1. The van der Waals surface area contributed by atoms with Crippen molar-refractivity contribution < 1.29 is 20.2 Å². The molecule has 0 saturated carbocycles. The lowest BCUT2D eigenvalue weighted by atomic mass is 9.81. The van der Waals surface area contributed by atoms with Crippen LogP contribution in [0.5, 0.6) is 0 Å². The van der Waals surface area contributed by atoms with E-state index < -0.39 is 11.6 Å². The number of carboxylic acids is 1. The molecule has 4 N–H and O–H groups in total. The van der Waals surface area contributed by atoms with Crippen LogP contribution in [0.25, 0.3) is 0 Å². The quantitative estimate of drug-likeness (QED) is 0.338. The van der Waals surface area contributed by atoms with E-state index in [1.54, 1.807) is 0 Å². The number of hydroxylamine groups is 1. The van der Waals surface area contributed by atoms with Crippen molar-refractivity contribution in [1.82, 2.24) is 5.48 Å². The van der Waals surface area contributed by atoms with Crippen LogP contribution in [0, 0.1) is 6.42 Å². The van der Waals surface area contributed by atoms with Crippen molar-refractivity contribution in [2.24, 2.45) is 0 Å². The second-order valence-electron chi connectivity index (χ2n) is 6.68. The van der Waals surface area contributed by atoms with Crippen LogP contribution < -0.4 is 5.48 Å². The number of nitrogens with one attached hydrogen (secondary N) is 1. The fourth-order valence-corrected chi connectivity index (χ4v) is 3.12. The third-order valence-corrected chi connectivity index (χ3v) is 4.65. The number of benzene rings is 2. The van der Waals surface area contributed by atoms with Gasteiger partial charge in [0.15, 0.2) is 0 Å². The summed E-state index contributed by atoms with van der Waals surface area (Å²) < 4.78 is 0. The smallest absolute Gasteiger partial charge is 0.303 e. The molecule has 0 fully saturated rings. The number of aryl methyl sites for hydroxylation is 1. The molecule has 2 rings (SSSR count). The van der Waals surface area contributed by atoms with Gasteiger partial charge in [-0.2, -0.15) is 0 Å². The maximum Gasteiger partial charge on any atom is 0.303 e. The van der Waals surface area contributed by atoms with Crippen molar-refractivity contribution >= 4 is 5.97 Å². The number of carbonyl (C=O) groups is 1. The first-order valence-electron chi connectivity index (χ1n) is 9.36. The minimum absolute atomic E-state index is 0.159. The van der Waals surface area contributed by atoms with E-state index in [0.29, 0.717) is 25.8 Å². The molecule has 0 aliphatic rings. The Morgan fingerprint density at radius 3 is 2.26 bits per heavy atom. The lowest BCUT2D eigenvalue weighted by Gasteiger charge is -2.29. The SMILES string of the molecule is O=C(O)CCCc1ccc(C(O)([CH]CCCCNO)c2ccccc2)cc1. The molecule has 5 nitrogen and oxygen atoms in total. The molecule has 27 heavy (non-hydrogen) atoms. The Labute approximate surface area is 160 Å². The van der Waals surface area contributed by atoms with E-state index >= 15 is 0 Å². The highest BCUT2D eigenvalue weighted by atomic mass is 16.5. The molecule has 0 saturated heterocycles. The highest BCUT2D eigenvalue weighted by Gasteiger charge is 2.31. The van der Waals surface area contributed by atoms with Crippen molar-refractivity contribution in [2.45, 2.75) is 44.1 Å². The number of hydrogen-bond acceptors (Lipinski definition) is 4. The molecular weight excluding hydrogens is 342 g/mol. The summed E-state index contributed by atoms with van der Waals surface area (Å²) in [7, 11) is 0. The van der Waals surface area contributed by atoms with Crippen LogP contribution in [-0.2, 0) is 16.8 Å². The molecule has 1 radical (unpaired) electrons. The van der Waals surface area contributed by atoms with Gasteiger partial charge in [-0.3, -0.25) is 4.79 Å². The molecule has 0 aliphatic heterocycles. The third kappa shape index (κ3) is 6.47. The van der Waals surface area contributed by atoms with Crippen molar-refractivity contribution in [1.29, 1.82) is 0 Å². The Hall–Kier alpha value is -2.21. The topological polar surface area (TPSA) is 89.8 Å². The maximum absolute atomic E-state index is 11.5. The van der Waals surface area contributed by atoms with Gasteiger partial charge in [0, 0.05) is 19.4 Å². The van der Waals surface area contributed by atoms with Gasteiger partial charge in [-0.1, -0.05) is 61.0 Å². The Balaban J connectivity index is 2.11. The van der Waals surface area contributed by atoms with Crippen LogP contribution in [0.1, 0.15) is 48.8 Å². The van der Waals surface area contributed by atoms with Crippen molar-refractivity contribution in [3.63, 3.8) is 0 Å². The number of carboxylic acid groups (broad SMARTS) is 1. The van der Waals surface area contributed by atoms with E-state index in [9.17, 15) is 9.90 Å². The second-order valence-corrected chi connectivity index (χ2v) is 6.68. The first-order chi connectivity index (χ1) is 13.1. The van der Waals surface area contributed by atoms with Gasteiger partial charge in [-0.15, -0.1) is 0 Å². The van der Waals surface area contributed by atoms with E-state index in [2.05, 4.69) is 5.48 Å². The third-order valence-electron chi connectivity index (χ3n) is 4.65. The minimum Gasteiger partial charge on any atom is -0.481 e. The van der Waals surface area contributed by atoms with Gasteiger partial charge in [0.25, 0.3) is 0 Å². The molecule has 0 aliphatic carbocycles. The molecule has 5 heteroatoms. The summed E-state index contributed by atoms with van der Waals surface area (Å²) in [6.45, 7) is 0.530. The predicted octanol–water partition coefficient (Wildman–Crippen LogP) is 3.68. The Morgan fingerprint density at radius 1 is 0.963 bits per heavy atom. The number of hydrogen-bond donors (Lipinski definition) is 4. The summed E-state index contributed by atoms with van der Waals surface area (Å²) in [5.41, 5.74) is 3.62. The van der Waals surface area contributed by atoms with Crippen LogP contribution in [0.3, 0.4) is 0 Å². The molecule has 0 spiro atoms. The van der Waals surface area contributed by atoms with Gasteiger partial charge >= 0.3 is 5.97 Å². The van der Waals surface area contributed by atoms with Gasteiger partial charge in [0.2, 0.25) is 0 Å². The predicted molar refractivity (Wildman–Crippen MR) is 104 cm³/mol. The van der Waals surface area contributed by atoms with E-state index in [1.807, 2.05) is 61.0 Å². The highest BCUT2D eigenvalue weighted by molar-refractivity contribution is 5.66. The van der Waals surface area contributed by atoms with Crippen LogP contribution in [0.15, 0.2) is 54.6 Å². The summed E-state index contributed by atoms with van der Waals surface area (Å²) >= 11 is 0. The summed E-state index contributed by atoms with van der Waals surface area (Å²) in [6, 6.07) is 17.3. The molecule has 1 unspecified atom stereocenters. The largest absolute Gasteiger partial charge is 0.481 e. The van der Waals surface area contributed by atoms with E-state index in [-0.39, 0.29) is 6.42 Å². The lowest BCUT2D eigenvalue weighted by molar-refractivity contribution is -0.137. The van der Waals surface area contributed by atoms with E-state index in [1.165, 1.54) is 0 Å². The maximum atomic E-state index is 11.5. The van der Waals surface area contributed by atoms with Gasteiger partial charge in [0.1, 0.15) is 5.60 Å².